The third-order valence-electron chi connectivity index (χ3n) is 4.40. The lowest BCUT2D eigenvalue weighted by Gasteiger charge is -2.37. The molecule has 1 saturated heterocycles. The molecule has 1 aromatic heterocycles. The van der Waals surface area contributed by atoms with E-state index in [0.29, 0.717) is 5.92 Å². The maximum Gasteiger partial charge on any atom is 0.133 e. The van der Waals surface area contributed by atoms with Crippen molar-refractivity contribution < 1.29 is 0 Å². The lowest BCUT2D eigenvalue weighted by molar-refractivity contribution is 0.644. The average Bonchev–Trinajstić information content (AvgIpc) is 3.41. The highest BCUT2D eigenvalue weighted by Crippen LogP contribution is 2.38. The Hall–Kier alpha value is -1.81. The zero-order valence-corrected chi connectivity index (χ0v) is 13.2. The Balaban J connectivity index is 1.45. The molecule has 1 aromatic carbocycles. The Morgan fingerprint density at radius 1 is 0.955 bits per heavy atom. The fourth-order valence-corrected chi connectivity index (χ4v) is 3.22. The number of rotatable bonds is 3. The number of anilines is 2. The summed E-state index contributed by atoms with van der Waals surface area (Å²) in [5, 5.41) is 0.828. The second kappa shape index (κ2) is 5.76. The Labute approximate surface area is 135 Å². The summed E-state index contributed by atoms with van der Waals surface area (Å²) in [4.78, 5) is 13.8. The van der Waals surface area contributed by atoms with Crippen molar-refractivity contribution in [1.29, 1.82) is 0 Å². The van der Waals surface area contributed by atoms with Crippen LogP contribution in [0.2, 0.25) is 5.02 Å². The van der Waals surface area contributed by atoms with Crippen LogP contribution in [0.4, 0.5) is 11.5 Å². The summed E-state index contributed by atoms with van der Waals surface area (Å²) < 4.78 is 0. The molecule has 4 nitrogen and oxygen atoms in total. The molecule has 1 aliphatic heterocycles. The minimum Gasteiger partial charge on any atom is -0.367 e. The lowest BCUT2D eigenvalue weighted by atomic mass is 10.2. The molecule has 1 aliphatic carbocycles. The topological polar surface area (TPSA) is 32.3 Å². The van der Waals surface area contributed by atoms with Crippen LogP contribution in [0.15, 0.2) is 36.5 Å². The van der Waals surface area contributed by atoms with Gasteiger partial charge in [-0.05, 0) is 31.0 Å². The number of piperazine rings is 1. The first-order chi connectivity index (χ1) is 10.8. The van der Waals surface area contributed by atoms with E-state index in [4.69, 9.17) is 16.6 Å². The number of aromatic nitrogens is 2. The molecule has 0 spiro atoms. The third-order valence-corrected chi connectivity index (χ3v) is 4.72. The van der Waals surface area contributed by atoms with E-state index < -0.39 is 0 Å². The number of para-hydroxylation sites is 1. The van der Waals surface area contributed by atoms with Crippen molar-refractivity contribution in [1.82, 2.24) is 9.97 Å². The van der Waals surface area contributed by atoms with Gasteiger partial charge in [0.15, 0.2) is 0 Å². The predicted molar refractivity (Wildman–Crippen MR) is 89.9 cm³/mol. The molecule has 0 unspecified atom stereocenters. The van der Waals surface area contributed by atoms with Crippen LogP contribution in [0.1, 0.15) is 24.6 Å². The molecule has 0 radical (unpaired) electrons. The van der Waals surface area contributed by atoms with Gasteiger partial charge in [0.25, 0.3) is 0 Å². The van der Waals surface area contributed by atoms with E-state index in [2.05, 4.69) is 20.9 Å². The lowest BCUT2D eigenvalue weighted by Crippen LogP contribution is -2.47. The maximum absolute atomic E-state index is 6.30. The molecule has 2 aromatic rings. The number of hydrogen-bond acceptors (Lipinski definition) is 4. The van der Waals surface area contributed by atoms with Crippen LogP contribution in [0.3, 0.4) is 0 Å². The Bertz CT molecular complexity index is 663. The van der Waals surface area contributed by atoms with Crippen molar-refractivity contribution in [2.45, 2.75) is 18.8 Å². The highest BCUT2D eigenvalue weighted by molar-refractivity contribution is 6.33. The van der Waals surface area contributed by atoms with Gasteiger partial charge >= 0.3 is 0 Å². The van der Waals surface area contributed by atoms with Gasteiger partial charge in [-0.3, -0.25) is 0 Å². The highest BCUT2D eigenvalue weighted by atomic mass is 35.5. The second-order valence-corrected chi connectivity index (χ2v) is 6.38. The number of nitrogens with zero attached hydrogens (tertiary/aromatic N) is 4. The minimum atomic E-state index is 0.601. The van der Waals surface area contributed by atoms with Crippen LogP contribution < -0.4 is 9.80 Å². The Morgan fingerprint density at radius 3 is 2.41 bits per heavy atom. The van der Waals surface area contributed by atoms with Crippen LogP contribution in [-0.2, 0) is 0 Å². The van der Waals surface area contributed by atoms with E-state index in [9.17, 15) is 0 Å². The standard InChI is InChI=1S/C17H19ClN4/c18-14-3-1-2-4-15(14)21-9-11-22(12-10-21)16-7-8-19-17(20-16)13-5-6-13/h1-4,7-8,13H,5-6,9-12H2. The van der Waals surface area contributed by atoms with Gasteiger partial charge in [-0.2, -0.15) is 0 Å². The second-order valence-electron chi connectivity index (χ2n) is 5.97. The van der Waals surface area contributed by atoms with E-state index in [0.717, 1.165) is 48.5 Å². The molecule has 0 amide bonds. The molecular formula is C17H19ClN4. The number of halogens is 1. The molecule has 114 valence electrons. The summed E-state index contributed by atoms with van der Waals surface area (Å²) in [7, 11) is 0. The molecule has 2 aliphatic rings. The first kappa shape index (κ1) is 13.8. The molecule has 2 fully saturated rings. The van der Waals surface area contributed by atoms with Crippen molar-refractivity contribution in [3.63, 3.8) is 0 Å². The maximum atomic E-state index is 6.30. The van der Waals surface area contributed by atoms with Crippen molar-refractivity contribution in [3.05, 3.63) is 47.4 Å². The molecule has 0 bridgehead atoms. The molecule has 0 N–H and O–H groups in total. The number of hydrogen-bond donors (Lipinski definition) is 0. The smallest absolute Gasteiger partial charge is 0.133 e. The average molecular weight is 315 g/mol. The summed E-state index contributed by atoms with van der Waals surface area (Å²) >= 11 is 6.30. The summed E-state index contributed by atoms with van der Waals surface area (Å²) in [6.45, 7) is 3.86. The molecule has 5 heteroatoms. The quantitative estimate of drug-likeness (QED) is 0.870. The van der Waals surface area contributed by atoms with Gasteiger partial charge in [0.05, 0.1) is 10.7 Å². The SMILES string of the molecule is Clc1ccccc1N1CCN(c2ccnc(C3CC3)n2)CC1. The van der Waals surface area contributed by atoms with Crippen molar-refractivity contribution >= 4 is 23.1 Å². The fourth-order valence-electron chi connectivity index (χ4n) is 2.96. The van der Waals surface area contributed by atoms with E-state index in [1.165, 1.54) is 12.8 Å². The molecule has 4 rings (SSSR count). The van der Waals surface area contributed by atoms with Crippen LogP contribution in [0.25, 0.3) is 0 Å². The predicted octanol–water partition coefficient (Wildman–Crippen LogP) is 3.33. The van der Waals surface area contributed by atoms with E-state index in [1.807, 2.05) is 30.5 Å². The Kier molecular flexibility index (Phi) is 3.62. The summed E-state index contributed by atoms with van der Waals surface area (Å²) in [5.41, 5.74) is 1.13. The zero-order chi connectivity index (χ0) is 14.9. The van der Waals surface area contributed by atoms with Gasteiger partial charge in [-0.25, -0.2) is 9.97 Å². The molecule has 1 saturated carbocycles. The van der Waals surface area contributed by atoms with Crippen molar-refractivity contribution in [2.24, 2.45) is 0 Å². The summed E-state index contributed by atoms with van der Waals surface area (Å²) in [6.07, 6.45) is 4.38. The highest BCUT2D eigenvalue weighted by Gasteiger charge is 2.27. The first-order valence-electron chi connectivity index (χ1n) is 7.88. The normalized spacial score (nSPS) is 18.6. The van der Waals surface area contributed by atoms with Crippen LogP contribution >= 0.6 is 11.6 Å². The van der Waals surface area contributed by atoms with Gasteiger partial charge in [0.1, 0.15) is 11.6 Å². The van der Waals surface area contributed by atoms with E-state index in [-0.39, 0.29) is 0 Å². The van der Waals surface area contributed by atoms with Crippen LogP contribution in [-0.4, -0.2) is 36.1 Å². The van der Waals surface area contributed by atoms with Gasteiger partial charge < -0.3 is 9.80 Å². The minimum absolute atomic E-state index is 0.601. The van der Waals surface area contributed by atoms with E-state index in [1.54, 1.807) is 0 Å². The Morgan fingerprint density at radius 2 is 1.68 bits per heavy atom. The molecule has 22 heavy (non-hydrogen) atoms. The fraction of sp³-hybridized carbons (Fsp3) is 0.412. The van der Waals surface area contributed by atoms with Gasteiger partial charge in [-0.15, -0.1) is 0 Å². The van der Waals surface area contributed by atoms with Crippen molar-refractivity contribution in [2.75, 3.05) is 36.0 Å². The monoisotopic (exact) mass is 314 g/mol. The number of benzene rings is 1. The van der Waals surface area contributed by atoms with Gasteiger partial charge in [0, 0.05) is 38.3 Å². The molecule has 2 heterocycles. The largest absolute Gasteiger partial charge is 0.367 e. The van der Waals surface area contributed by atoms with Crippen LogP contribution in [0, 0.1) is 0 Å². The summed E-state index contributed by atoms with van der Waals surface area (Å²) in [6, 6.07) is 10.1. The molecular weight excluding hydrogens is 296 g/mol. The van der Waals surface area contributed by atoms with Gasteiger partial charge in [-0.1, -0.05) is 23.7 Å². The van der Waals surface area contributed by atoms with Crippen molar-refractivity contribution in [3.8, 4) is 0 Å². The van der Waals surface area contributed by atoms with Gasteiger partial charge in [0.2, 0.25) is 0 Å². The first-order valence-corrected chi connectivity index (χ1v) is 8.26. The van der Waals surface area contributed by atoms with E-state index >= 15 is 0 Å². The third kappa shape index (κ3) is 2.75. The van der Waals surface area contributed by atoms with Crippen LogP contribution in [0.5, 0.6) is 0 Å². The summed E-state index contributed by atoms with van der Waals surface area (Å²) in [5.74, 6) is 2.69. The zero-order valence-electron chi connectivity index (χ0n) is 12.5. The molecule has 0 atom stereocenters.